The lowest BCUT2D eigenvalue weighted by Crippen LogP contribution is -2.10. The van der Waals surface area contributed by atoms with Gasteiger partial charge in [-0.2, -0.15) is 16.5 Å². The highest BCUT2D eigenvalue weighted by atomic mass is 28.2. The molecule has 0 saturated carbocycles. The van der Waals surface area contributed by atoms with Gasteiger partial charge >= 0.3 is 0 Å². The van der Waals surface area contributed by atoms with Gasteiger partial charge in [-0.05, 0) is 81.2 Å². The van der Waals surface area contributed by atoms with Crippen molar-refractivity contribution in [2.24, 2.45) is 6.55 Å². The Morgan fingerprint density at radius 2 is 1.02 bits per heavy atom. The molecule has 240 valence electrons. The SMILES string of the molecule is C[si-]1c2cc(N(c3ccc(-c4ccc5ccccc5c4)cc3)c3ccc4c(c3)oc3ccccc34)ccc2c2c3oc4ccccc4c3ccc21. The van der Waals surface area contributed by atoms with Gasteiger partial charge in [0, 0.05) is 44.7 Å². The lowest BCUT2D eigenvalue weighted by atomic mass is 10.0. The number of hydrogen-bond acceptors (Lipinski definition) is 3. The number of furan rings is 2. The molecule has 0 bridgehead atoms. The predicted molar refractivity (Wildman–Crippen MR) is 216 cm³/mol. The van der Waals surface area contributed by atoms with Crippen LogP contribution < -0.4 is 4.90 Å². The van der Waals surface area contributed by atoms with E-state index in [0.29, 0.717) is 0 Å². The Labute approximate surface area is 295 Å². The molecular formula is C47H30NO2Si-. The number of anilines is 3. The molecule has 3 nitrogen and oxygen atoms in total. The number of aryl methyl sites for hydroxylation is 1. The van der Waals surface area contributed by atoms with Gasteiger partial charge in [0.15, 0.2) is 0 Å². The summed E-state index contributed by atoms with van der Waals surface area (Å²) in [6.45, 7) is 2.41. The zero-order chi connectivity index (χ0) is 33.6. The molecule has 8 aromatic carbocycles. The van der Waals surface area contributed by atoms with Crippen LogP contribution in [-0.2, 0) is 6.55 Å². The number of para-hydroxylation sites is 2. The van der Waals surface area contributed by atoms with Crippen LogP contribution in [0.5, 0.6) is 0 Å². The first-order valence-corrected chi connectivity index (χ1v) is 19.4. The van der Waals surface area contributed by atoms with Crippen molar-refractivity contribution >= 4 is 101 Å². The van der Waals surface area contributed by atoms with Gasteiger partial charge in [0.2, 0.25) is 0 Å². The van der Waals surface area contributed by atoms with Gasteiger partial charge in [-0.1, -0.05) is 109 Å². The van der Waals surface area contributed by atoms with Crippen molar-refractivity contribution in [3.8, 4) is 11.1 Å². The third-order valence-electron chi connectivity index (χ3n) is 10.7. The highest BCUT2D eigenvalue weighted by Crippen LogP contribution is 2.43. The van der Waals surface area contributed by atoms with Crippen LogP contribution in [0.2, 0.25) is 0 Å². The molecule has 0 amide bonds. The van der Waals surface area contributed by atoms with Crippen LogP contribution in [0, 0.1) is 0 Å². The van der Waals surface area contributed by atoms with E-state index in [1.165, 1.54) is 53.4 Å². The normalized spacial score (nSPS) is 12.0. The van der Waals surface area contributed by atoms with Crippen molar-refractivity contribution in [1.29, 1.82) is 0 Å². The van der Waals surface area contributed by atoms with Crippen LogP contribution in [0.3, 0.4) is 0 Å². The minimum absolute atomic E-state index is 0.882. The minimum Gasteiger partial charge on any atom is -0.456 e. The van der Waals surface area contributed by atoms with Crippen LogP contribution in [0.4, 0.5) is 17.1 Å². The second kappa shape index (κ2) is 10.8. The van der Waals surface area contributed by atoms with Gasteiger partial charge in [-0.3, -0.25) is 8.40 Å². The van der Waals surface area contributed by atoms with Crippen LogP contribution in [0.25, 0.3) is 86.5 Å². The quantitative estimate of drug-likeness (QED) is 0.175. The monoisotopic (exact) mass is 668 g/mol. The molecule has 0 atom stereocenters. The summed E-state index contributed by atoms with van der Waals surface area (Å²) in [5.74, 6) is 0. The third-order valence-corrected chi connectivity index (χ3v) is 13.2. The Morgan fingerprint density at radius 3 is 1.84 bits per heavy atom. The number of benzene rings is 8. The van der Waals surface area contributed by atoms with Crippen LogP contribution >= 0.6 is 0 Å². The first kappa shape index (κ1) is 28.5. The summed E-state index contributed by atoms with van der Waals surface area (Å²) in [6.07, 6.45) is 0. The summed E-state index contributed by atoms with van der Waals surface area (Å²) in [5.41, 5.74) is 9.40. The van der Waals surface area contributed by atoms with E-state index in [9.17, 15) is 0 Å². The molecule has 51 heavy (non-hydrogen) atoms. The summed E-state index contributed by atoms with van der Waals surface area (Å²) in [4.78, 5) is 5.18. The molecule has 0 aliphatic carbocycles. The molecule has 0 fully saturated rings. The maximum Gasteiger partial charge on any atom is 0.140 e. The lowest BCUT2D eigenvalue weighted by Gasteiger charge is -2.26. The predicted octanol–water partition coefficient (Wildman–Crippen LogP) is 13.4. The van der Waals surface area contributed by atoms with Crippen LogP contribution in [0.15, 0.2) is 173 Å². The third kappa shape index (κ3) is 4.30. The standard InChI is InChI=1S/C47H30NO2Si/c1-51-44-25-24-39-37-11-5-7-13-42(37)50-47(39)46(44)40-23-21-35(28-45(40)51)48(34-20-22-38-36-10-4-6-12-41(36)49-43(38)27-34)33-18-16-30(17-19-33)32-15-14-29-8-2-3-9-31(29)26-32/h2-28H,1H3/q-1. The molecule has 0 aliphatic rings. The Hall–Kier alpha value is -6.36. The van der Waals surface area contributed by atoms with Gasteiger partial charge in [-0.25, -0.2) is 0 Å². The summed E-state index contributed by atoms with van der Waals surface area (Å²) in [5, 5.41) is 9.66. The van der Waals surface area contributed by atoms with E-state index < -0.39 is 8.40 Å². The van der Waals surface area contributed by atoms with Gasteiger partial charge in [0.25, 0.3) is 0 Å². The number of nitrogens with zero attached hydrogens (tertiary/aromatic N) is 1. The van der Waals surface area contributed by atoms with Crippen molar-refractivity contribution in [3.05, 3.63) is 164 Å². The molecule has 0 radical (unpaired) electrons. The summed E-state index contributed by atoms with van der Waals surface area (Å²) < 4.78 is 12.9. The molecule has 3 heterocycles. The Morgan fingerprint density at radius 1 is 0.412 bits per heavy atom. The lowest BCUT2D eigenvalue weighted by molar-refractivity contribution is 0.669. The average molecular weight is 669 g/mol. The maximum atomic E-state index is 6.55. The van der Waals surface area contributed by atoms with E-state index in [1.54, 1.807) is 0 Å². The van der Waals surface area contributed by atoms with Crippen molar-refractivity contribution in [2.75, 3.05) is 4.90 Å². The van der Waals surface area contributed by atoms with Gasteiger partial charge in [0.1, 0.15) is 22.3 Å². The van der Waals surface area contributed by atoms with Gasteiger partial charge < -0.3 is 13.7 Å². The number of hydrogen-bond donors (Lipinski definition) is 0. The fourth-order valence-corrected chi connectivity index (χ4v) is 10.4. The minimum atomic E-state index is -1.03. The topological polar surface area (TPSA) is 29.5 Å². The van der Waals surface area contributed by atoms with Crippen molar-refractivity contribution in [3.63, 3.8) is 0 Å². The maximum absolute atomic E-state index is 6.55. The number of fused-ring (bicyclic) bond motifs is 11. The highest BCUT2D eigenvalue weighted by Gasteiger charge is 2.18. The molecule has 0 saturated heterocycles. The number of rotatable bonds is 4. The van der Waals surface area contributed by atoms with Crippen LogP contribution in [0.1, 0.15) is 0 Å². The van der Waals surface area contributed by atoms with E-state index in [-0.39, 0.29) is 0 Å². The highest BCUT2D eigenvalue weighted by molar-refractivity contribution is 6.77. The van der Waals surface area contributed by atoms with Crippen molar-refractivity contribution < 1.29 is 8.83 Å². The molecule has 0 unspecified atom stereocenters. The largest absolute Gasteiger partial charge is 0.456 e. The molecule has 11 rings (SSSR count). The zero-order valence-electron chi connectivity index (χ0n) is 27.9. The fraction of sp³-hybridized carbons (Fsp3) is 0.0213. The molecule has 11 aromatic rings. The molecule has 0 spiro atoms. The Balaban J connectivity index is 1.10. The molecular weight excluding hydrogens is 639 g/mol. The first-order valence-electron chi connectivity index (χ1n) is 17.4. The van der Waals surface area contributed by atoms with E-state index >= 15 is 0 Å². The Kier molecular flexibility index (Phi) is 6.04. The second-order valence-electron chi connectivity index (χ2n) is 13.5. The van der Waals surface area contributed by atoms with Gasteiger partial charge in [0.05, 0.1) is 0 Å². The average Bonchev–Trinajstić information content (AvgIpc) is 3.84. The molecule has 0 N–H and O–H groups in total. The smallest absolute Gasteiger partial charge is 0.140 e. The van der Waals surface area contributed by atoms with Crippen molar-refractivity contribution in [1.82, 2.24) is 0 Å². The van der Waals surface area contributed by atoms with E-state index in [4.69, 9.17) is 8.83 Å². The fourth-order valence-electron chi connectivity index (χ4n) is 8.19. The molecule has 3 aromatic heterocycles. The first-order chi connectivity index (χ1) is 25.2. The molecule has 0 aliphatic heterocycles. The second-order valence-corrected chi connectivity index (χ2v) is 15.9. The van der Waals surface area contributed by atoms with Gasteiger partial charge in [-0.15, -0.1) is 0 Å². The zero-order valence-corrected chi connectivity index (χ0v) is 28.9. The van der Waals surface area contributed by atoms with E-state index in [1.807, 2.05) is 18.2 Å². The Bertz CT molecular complexity index is 3160. The molecule has 4 heteroatoms. The van der Waals surface area contributed by atoms with E-state index in [2.05, 4.69) is 157 Å². The van der Waals surface area contributed by atoms with E-state index in [0.717, 1.165) is 50.2 Å². The summed E-state index contributed by atoms with van der Waals surface area (Å²) in [6, 6.07) is 59.0. The van der Waals surface area contributed by atoms with Crippen molar-refractivity contribution in [2.45, 2.75) is 0 Å². The summed E-state index contributed by atoms with van der Waals surface area (Å²) in [7, 11) is -1.03. The summed E-state index contributed by atoms with van der Waals surface area (Å²) >= 11 is 0. The van der Waals surface area contributed by atoms with Crippen LogP contribution in [-0.4, -0.2) is 8.40 Å².